The highest BCUT2D eigenvalue weighted by Crippen LogP contribution is 2.31. The minimum absolute atomic E-state index is 0.225. The summed E-state index contributed by atoms with van der Waals surface area (Å²) >= 11 is 0. The van der Waals surface area contributed by atoms with Gasteiger partial charge in [0, 0.05) is 13.1 Å². The Morgan fingerprint density at radius 1 is 1.20 bits per heavy atom. The minimum Gasteiger partial charge on any atom is -0.495 e. The zero-order valence-electron chi connectivity index (χ0n) is 14.5. The van der Waals surface area contributed by atoms with Gasteiger partial charge in [-0.1, -0.05) is 43.3 Å². The lowest BCUT2D eigenvalue weighted by molar-refractivity contribution is -0.00259. The fourth-order valence-corrected chi connectivity index (χ4v) is 4.63. The van der Waals surface area contributed by atoms with Crippen LogP contribution in [-0.4, -0.2) is 39.5 Å². The van der Waals surface area contributed by atoms with Gasteiger partial charge in [-0.3, -0.25) is 0 Å². The van der Waals surface area contributed by atoms with Gasteiger partial charge in [-0.15, -0.1) is 0 Å². The molecule has 0 N–H and O–H groups in total. The molecule has 5 nitrogen and oxygen atoms in total. The van der Waals surface area contributed by atoms with E-state index >= 15 is 0 Å². The van der Waals surface area contributed by atoms with Crippen LogP contribution in [0.15, 0.2) is 53.4 Å². The second-order valence-electron chi connectivity index (χ2n) is 5.97. The van der Waals surface area contributed by atoms with Crippen molar-refractivity contribution in [3.8, 4) is 5.75 Å². The third kappa shape index (κ3) is 3.71. The summed E-state index contributed by atoms with van der Waals surface area (Å²) in [7, 11) is -2.16. The van der Waals surface area contributed by atoms with Crippen molar-refractivity contribution >= 4 is 10.0 Å². The van der Waals surface area contributed by atoms with Gasteiger partial charge < -0.3 is 9.47 Å². The lowest BCUT2D eigenvalue weighted by atomic mass is 10.1. The van der Waals surface area contributed by atoms with E-state index in [0.717, 1.165) is 17.5 Å². The molecule has 1 heterocycles. The summed E-state index contributed by atoms with van der Waals surface area (Å²) in [6.45, 7) is 3.00. The summed E-state index contributed by atoms with van der Waals surface area (Å²) in [6, 6.07) is 15.0. The van der Waals surface area contributed by atoms with Crippen LogP contribution in [-0.2, 0) is 21.2 Å². The van der Waals surface area contributed by atoms with Gasteiger partial charge in [0.25, 0.3) is 0 Å². The number of benzene rings is 2. The number of sulfonamides is 1. The first-order valence-corrected chi connectivity index (χ1v) is 9.84. The smallest absolute Gasteiger partial charge is 0.246 e. The average molecular weight is 361 g/mol. The van der Waals surface area contributed by atoms with E-state index in [-0.39, 0.29) is 11.0 Å². The summed E-state index contributed by atoms with van der Waals surface area (Å²) in [6.07, 6.45) is 0.507. The minimum atomic E-state index is -3.65. The van der Waals surface area contributed by atoms with Gasteiger partial charge in [0.05, 0.1) is 19.8 Å². The molecular weight excluding hydrogens is 338 g/mol. The number of aryl methyl sites for hydroxylation is 1. The van der Waals surface area contributed by atoms with Crippen LogP contribution in [0.5, 0.6) is 5.75 Å². The third-order valence-electron chi connectivity index (χ3n) is 4.45. The summed E-state index contributed by atoms with van der Waals surface area (Å²) in [5.41, 5.74) is 1.95. The highest BCUT2D eigenvalue weighted by Gasteiger charge is 2.33. The molecule has 0 radical (unpaired) electrons. The molecular formula is C19H23NO4S. The van der Waals surface area contributed by atoms with Gasteiger partial charge in [0.15, 0.2) is 0 Å². The van der Waals surface area contributed by atoms with Crippen LogP contribution in [0.3, 0.4) is 0 Å². The molecule has 2 aromatic carbocycles. The second kappa shape index (κ2) is 7.56. The fraction of sp³-hybridized carbons (Fsp3) is 0.368. The van der Waals surface area contributed by atoms with E-state index in [1.54, 1.807) is 12.1 Å². The topological polar surface area (TPSA) is 55.8 Å². The van der Waals surface area contributed by atoms with Gasteiger partial charge >= 0.3 is 0 Å². The molecule has 0 spiro atoms. The Hall–Kier alpha value is -1.89. The monoisotopic (exact) mass is 361 g/mol. The van der Waals surface area contributed by atoms with E-state index in [0.29, 0.717) is 25.4 Å². The van der Waals surface area contributed by atoms with E-state index in [1.165, 1.54) is 11.4 Å². The Labute approximate surface area is 149 Å². The maximum atomic E-state index is 13.2. The maximum absolute atomic E-state index is 13.2. The Morgan fingerprint density at radius 3 is 2.64 bits per heavy atom. The van der Waals surface area contributed by atoms with E-state index in [9.17, 15) is 8.42 Å². The summed E-state index contributed by atoms with van der Waals surface area (Å²) in [4.78, 5) is 0.225. The lowest BCUT2D eigenvalue weighted by Gasteiger charge is -2.32. The number of nitrogens with zero attached hydrogens (tertiary/aromatic N) is 1. The van der Waals surface area contributed by atoms with Crippen LogP contribution in [0, 0.1) is 0 Å². The standard InChI is InChI=1S/C19H23NO4S/c1-3-15-9-10-17(23-2)19(13-15)25(21,22)20-11-12-24-18(14-20)16-7-5-4-6-8-16/h4-10,13,18H,3,11-12,14H2,1-2H3. The van der Waals surface area contributed by atoms with Crippen molar-refractivity contribution in [3.05, 3.63) is 59.7 Å². The fourth-order valence-electron chi connectivity index (χ4n) is 3.00. The Kier molecular flexibility index (Phi) is 5.42. The molecule has 3 rings (SSSR count). The molecule has 1 aliphatic rings. The maximum Gasteiger partial charge on any atom is 0.246 e. The van der Waals surface area contributed by atoms with Crippen molar-refractivity contribution in [1.29, 1.82) is 0 Å². The zero-order valence-corrected chi connectivity index (χ0v) is 15.3. The highest BCUT2D eigenvalue weighted by atomic mass is 32.2. The van der Waals surface area contributed by atoms with E-state index in [1.807, 2.05) is 43.3 Å². The van der Waals surface area contributed by atoms with Crippen molar-refractivity contribution in [1.82, 2.24) is 4.31 Å². The van der Waals surface area contributed by atoms with Crippen LogP contribution in [0.4, 0.5) is 0 Å². The number of rotatable bonds is 5. The average Bonchev–Trinajstić information content (AvgIpc) is 2.68. The molecule has 25 heavy (non-hydrogen) atoms. The SMILES string of the molecule is CCc1ccc(OC)c(S(=O)(=O)N2CCOC(c3ccccc3)C2)c1. The van der Waals surface area contributed by atoms with Crippen molar-refractivity contribution in [3.63, 3.8) is 0 Å². The van der Waals surface area contributed by atoms with Crippen LogP contribution in [0.1, 0.15) is 24.2 Å². The van der Waals surface area contributed by atoms with Gasteiger partial charge in [0.1, 0.15) is 10.6 Å². The largest absolute Gasteiger partial charge is 0.495 e. The molecule has 1 aliphatic heterocycles. The molecule has 0 saturated carbocycles. The number of hydrogen-bond donors (Lipinski definition) is 0. The zero-order chi connectivity index (χ0) is 17.9. The molecule has 0 aliphatic carbocycles. The van der Waals surface area contributed by atoms with Gasteiger partial charge in [-0.25, -0.2) is 8.42 Å². The molecule has 134 valence electrons. The number of hydrogen-bond acceptors (Lipinski definition) is 4. The molecule has 2 aromatic rings. The molecule has 0 amide bonds. The predicted octanol–water partition coefficient (Wildman–Crippen LogP) is 3.02. The first kappa shape index (κ1) is 17.9. The quantitative estimate of drug-likeness (QED) is 0.821. The van der Waals surface area contributed by atoms with E-state index in [4.69, 9.17) is 9.47 Å². The second-order valence-corrected chi connectivity index (χ2v) is 7.88. The highest BCUT2D eigenvalue weighted by molar-refractivity contribution is 7.89. The van der Waals surface area contributed by atoms with Crippen molar-refractivity contribution < 1.29 is 17.9 Å². The van der Waals surface area contributed by atoms with Crippen molar-refractivity contribution in [2.75, 3.05) is 26.8 Å². The summed E-state index contributed by atoms with van der Waals surface area (Å²) < 4.78 is 39.0. The molecule has 0 aromatic heterocycles. The van der Waals surface area contributed by atoms with Crippen molar-refractivity contribution in [2.24, 2.45) is 0 Å². The van der Waals surface area contributed by atoms with Gasteiger partial charge in [-0.2, -0.15) is 4.31 Å². The predicted molar refractivity (Wildman–Crippen MR) is 96.3 cm³/mol. The summed E-state index contributed by atoms with van der Waals surface area (Å²) in [5.74, 6) is 0.375. The molecule has 6 heteroatoms. The van der Waals surface area contributed by atoms with Crippen LogP contribution in [0.2, 0.25) is 0 Å². The number of ether oxygens (including phenoxy) is 2. The third-order valence-corrected chi connectivity index (χ3v) is 6.34. The number of methoxy groups -OCH3 is 1. The first-order valence-electron chi connectivity index (χ1n) is 8.40. The Bertz CT molecular complexity index is 821. The Morgan fingerprint density at radius 2 is 1.96 bits per heavy atom. The van der Waals surface area contributed by atoms with Crippen LogP contribution >= 0.6 is 0 Å². The molecule has 1 saturated heterocycles. The van der Waals surface area contributed by atoms with Gasteiger partial charge in [0.2, 0.25) is 10.0 Å². The number of morpholine rings is 1. The summed E-state index contributed by atoms with van der Waals surface area (Å²) in [5, 5.41) is 0. The normalized spacial score (nSPS) is 18.9. The van der Waals surface area contributed by atoms with Gasteiger partial charge in [-0.05, 0) is 29.7 Å². The van der Waals surface area contributed by atoms with Crippen LogP contribution in [0.25, 0.3) is 0 Å². The Balaban J connectivity index is 1.92. The molecule has 1 atom stereocenters. The molecule has 1 unspecified atom stereocenters. The molecule has 1 fully saturated rings. The van der Waals surface area contributed by atoms with Crippen molar-refractivity contribution in [2.45, 2.75) is 24.3 Å². The van der Waals surface area contributed by atoms with Crippen LogP contribution < -0.4 is 4.74 Å². The van der Waals surface area contributed by atoms with E-state index < -0.39 is 10.0 Å². The molecule has 0 bridgehead atoms. The van der Waals surface area contributed by atoms with E-state index in [2.05, 4.69) is 0 Å². The first-order chi connectivity index (χ1) is 12.1. The lowest BCUT2D eigenvalue weighted by Crippen LogP contribution is -2.42.